The van der Waals surface area contributed by atoms with E-state index >= 15 is 0 Å². The number of methoxy groups -OCH3 is 2. The Bertz CT molecular complexity index is 715. The molecule has 0 atom stereocenters. The van der Waals surface area contributed by atoms with E-state index < -0.39 is 0 Å². The van der Waals surface area contributed by atoms with Crippen LogP contribution < -0.4 is 14.8 Å². The van der Waals surface area contributed by atoms with Crippen molar-refractivity contribution in [2.45, 2.75) is 20.0 Å². The predicted molar refractivity (Wildman–Crippen MR) is 117 cm³/mol. The van der Waals surface area contributed by atoms with Crippen LogP contribution in [0.3, 0.4) is 0 Å². The third kappa shape index (κ3) is 5.82. The largest absolute Gasteiger partial charge is 0.497 e. The van der Waals surface area contributed by atoms with Crippen LogP contribution in [0.1, 0.15) is 18.2 Å². The summed E-state index contributed by atoms with van der Waals surface area (Å²) in [5.74, 6) is 2.42. The molecule has 0 amide bonds. The summed E-state index contributed by atoms with van der Waals surface area (Å²) in [6.07, 6.45) is 2.05. The first-order valence-corrected chi connectivity index (χ1v) is 8.39. The predicted octanol–water partition coefficient (Wildman–Crippen LogP) is 3.26. The van der Waals surface area contributed by atoms with Crippen molar-refractivity contribution in [1.29, 1.82) is 0 Å². The van der Waals surface area contributed by atoms with Gasteiger partial charge in [0.15, 0.2) is 5.96 Å². The number of nitrogens with one attached hydrogen (secondary N) is 1. The molecule has 2 aromatic rings. The zero-order valence-corrected chi connectivity index (χ0v) is 18.5. The third-order valence-electron chi connectivity index (χ3n) is 4.04. The van der Waals surface area contributed by atoms with Crippen molar-refractivity contribution in [2.75, 3.05) is 27.8 Å². The first-order chi connectivity index (χ1) is 12.1. The van der Waals surface area contributed by atoms with Gasteiger partial charge in [0.1, 0.15) is 11.5 Å². The molecule has 0 saturated carbocycles. The summed E-state index contributed by atoms with van der Waals surface area (Å²) in [5.41, 5.74) is 2.25. The molecule has 0 unspecified atom stereocenters. The number of rotatable bonds is 7. The Morgan fingerprint density at radius 1 is 1.23 bits per heavy atom. The fraction of sp³-hybridized carbons (Fsp3) is 0.421. The molecule has 7 heteroatoms. The van der Waals surface area contributed by atoms with Gasteiger partial charge in [0.05, 0.1) is 27.3 Å². The molecule has 26 heavy (non-hydrogen) atoms. The second-order valence-electron chi connectivity index (χ2n) is 5.81. The molecule has 1 aromatic heterocycles. The van der Waals surface area contributed by atoms with Crippen LogP contribution in [0, 0.1) is 0 Å². The van der Waals surface area contributed by atoms with E-state index in [9.17, 15) is 0 Å². The molecule has 0 fully saturated rings. The summed E-state index contributed by atoms with van der Waals surface area (Å²) < 4.78 is 12.8. The quantitative estimate of drug-likeness (QED) is 0.382. The van der Waals surface area contributed by atoms with Gasteiger partial charge in [-0.15, -0.1) is 24.0 Å². The van der Waals surface area contributed by atoms with E-state index in [1.807, 2.05) is 25.2 Å². The third-order valence-corrected chi connectivity index (χ3v) is 4.04. The monoisotopic (exact) mass is 472 g/mol. The van der Waals surface area contributed by atoms with Crippen LogP contribution >= 0.6 is 24.0 Å². The Kier molecular flexibility index (Phi) is 9.32. The van der Waals surface area contributed by atoms with Crippen LogP contribution in [0.15, 0.2) is 41.5 Å². The maximum atomic E-state index is 5.45. The van der Waals surface area contributed by atoms with Gasteiger partial charge in [-0.25, -0.2) is 4.99 Å². The Balaban J connectivity index is 0.00000338. The van der Waals surface area contributed by atoms with Crippen LogP contribution in [-0.2, 0) is 20.1 Å². The number of hydrogen-bond donors (Lipinski definition) is 1. The number of benzene rings is 1. The first-order valence-electron chi connectivity index (χ1n) is 8.39. The summed E-state index contributed by atoms with van der Waals surface area (Å²) in [4.78, 5) is 6.88. The van der Waals surface area contributed by atoms with E-state index in [-0.39, 0.29) is 24.0 Å². The summed E-state index contributed by atoms with van der Waals surface area (Å²) >= 11 is 0. The maximum Gasteiger partial charge on any atom is 0.194 e. The number of hydrogen-bond acceptors (Lipinski definition) is 3. The van der Waals surface area contributed by atoms with Crippen LogP contribution in [0.5, 0.6) is 11.5 Å². The average molecular weight is 472 g/mol. The molecule has 1 aromatic carbocycles. The molecule has 0 saturated heterocycles. The van der Waals surface area contributed by atoms with Crippen molar-refractivity contribution in [3.63, 3.8) is 0 Å². The van der Waals surface area contributed by atoms with E-state index in [0.717, 1.165) is 36.1 Å². The van der Waals surface area contributed by atoms with Crippen molar-refractivity contribution in [3.8, 4) is 11.5 Å². The zero-order chi connectivity index (χ0) is 18.2. The summed E-state index contributed by atoms with van der Waals surface area (Å²) in [6.45, 7) is 4.21. The van der Waals surface area contributed by atoms with E-state index in [4.69, 9.17) is 14.5 Å². The second kappa shape index (κ2) is 10.9. The highest BCUT2D eigenvalue weighted by molar-refractivity contribution is 14.0. The number of nitrogens with zero attached hydrogens (tertiary/aromatic N) is 3. The number of halogens is 1. The van der Waals surface area contributed by atoms with Crippen molar-refractivity contribution in [3.05, 3.63) is 47.8 Å². The molecule has 144 valence electrons. The molecule has 0 aliphatic rings. The Morgan fingerprint density at radius 2 is 2.00 bits per heavy atom. The highest BCUT2D eigenvalue weighted by Gasteiger charge is 2.10. The standard InChI is InChI=1S/C19H28N4O2.HI/c1-6-20-19(23(3)14-16-8-7-11-22(16)2)21-13-15-9-10-17(24-4)12-18(15)25-5;/h7-12H,6,13-14H2,1-5H3,(H,20,21);1H. The molecule has 2 rings (SSSR count). The molecule has 6 nitrogen and oxygen atoms in total. The van der Waals surface area contributed by atoms with E-state index in [1.165, 1.54) is 5.69 Å². The smallest absolute Gasteiger partial charge is 0.194 e. The molecule has 0 aliphatic carbocycles. The highest BCUT2D eigenvalue weighted by atomic mass is 127. The van der Waals surface area contributed by atoms with Gasteiger partial charge in [0.2, 0.25) is 0 Å². The van der Waals surface area contributed by atoms with Crippen molar-refractivity contribution < 1.29 is 9.47 Å². The van der Waals surface area contributed by atoms with E-state index in [1.54, 1.807) is 14.2 Å². The molecular weight excluding hydrogens is 443 g/mol. The molecule has 1 N–H and O–H groups in total. The van der Waals surface area contributed by atoms with Crippen LogP contribution in [0.25, 0.3) is 0 Å². The van der Waals surface area contributed by atoms with Crippen LogP contribution in [0.2, 0.25) is 0 Å². The molecular formula is C19H29IN4O2. The normalized spacial score (nSPS) is 10.9. The van der Waals surface area contributed by atoms with Crippen molar-refractivity contribution in [2.24, 2.45) is 12.0 Å². The van der Waals surface area contributed by atoms with Gasteiger partial charge >= 0.3 is 0 Å². The second-order valence-corrected chi connectivity index (χ2v) is 5.81. The number of aromatic nitrogens is 1. The Labute approximate surface area is 173 Å². The maximum absolute atomic E-state index is 5.45. The topological polar surface area (TPSA) is 51.0 Å². The molecule has 0 bridgehead atoms. The highest BCUT2D eigenvalue weighted by Crippen LogP contribution is 2.25. The summed E-state index contributed by atoms with van der Waals surface area (Å²) in [6, 6.07) is 9.96. The van der Waals surface area contributed by atoms with Gasteiger partial charge in [-0.3, -0.25) is 0 Å². The number of ether oxygens (including phenoxy) is 2. The average Bonchev–Trinajstić information content (AvgIpc) is 3.03. The van der Waals surface area contributed by atoms with Crippen molar-refractivity contribution >= 4 is 29.9 Å². The SMILES string of the molecule is CCNC(=NCc1ccc(OC)cc1OC)N(C)Cc1cccn1C.I. The van der Waals surface area contributed by atoms with Crippen LogP contribution in [-0.4, -0.2) is 43.2 Å². The van der Waals surface area contributed by atoms with E-state index in [2.05, 4.69) is 47.1 Å². The van der Waals surface area contributed by atoms with Gasteiger partial charge in [-0.05, 0) is 31.2 Å². The lowest BCUT2D eigenvalue weighted by Gasteiger charge is -2.22. The Hall–Kier alpha value is -1.90. The molecule has 0 radical (unpaired) electrons. The van der Waals surface area contributed by atoms with E-state index in [0.29, 0.717) is 6.54 Å². The lowest BCUT2D eigenvalue weighted by atomic mass is 10.2. The summed E-state index contributed by atoms with van der Waals surface area (Å²) in [7, 11) is 7.40. The van der Waals surface area contributed by atoms with Gasteiger partial charge in [0.25, 0.3) is 0 Å². The molecule has 1 heterocycles. The van der Waals surface area contributed by atoms with Gasteiger partial charge in [-0.1, -0.05) is 0 Å². The summed E-state index contributed by atoms with van der Waals surface area (Å²) in [5, 5.41) is 3.35. The van der Waals surface area contributed by atoms with Gasteiger partial charge in [0, 0.05) is 44.2 Å². The van der Waals surface area contributed by atoms with Crippen LogP contribution in [0.4, 0.5) is 0 Å². The number of aliphatic imine (C=N–C) groups is 1. The number of guanidine groups is 1. The number of aryl methyl sites for hydroxylation is 1. The zero-order valence-electron chi connectivity index (χ0n) is 16.2. The van der Waals surface area contributed by atoms with Crippen molar-refractivity contribution in [1.82, 2.24) is 14.8 Å². The van der Waals surface area contributed by atoms with Gasteiger partial charge < -0.3 is 24.3 Å². The fourth-order valence-corrected chi connectivity index (χ4v) is 2.59. The minimum atomic E-state index is 0. The first kappa shape index (κ1) is 22.1. The minimum absolute atomic E-state index is 0. The van der Waals surface area contributed by atoms with Gasteiger partial charge in [-0.2, -0.15) is 0 Å². The molecule has 0 spiro atoms. The lowest BCUT2D eigenvalue weighted by Crippen LogP contribution is -2.38. The Morgan fingerprint density at radius 3 is 2.58 bits per heavy atom. The molecule has 0 aliphatic heterocycles. The minimum Gasteiger partial charge on any atom is -0.497 e. The lowest BCUT2D eigenvalue weighted by molar-refractivity contribution is 0.391. The fourth-order valence-electron chi connectivity index (χ4n) is 2.59.